The zero-order valence-corrected chi connectivity index (χ0v) is 14.2. The second-order valence-corrected chi connectivity index (χ2v) is 7.58. The third kappa shape index (κ3) is 3.85. The van der Waals surface area contributed by atoms with E-state index in [1.54, 1.807) is 29.2 Å². The van der Waals surface area contributed by atoms with Crippen LogP contribution in [0.25, 0.3) is 0 Å². The van der Waals surface area contributed by atoms with Gasteiger partial charge in [0.05, 0.1) is 4.90 Å². The highest BCUT2D eigenvalue weighted by Crippen LogP contribution is 2.22. The normalized spacial score (nSPS) is 15.7. The third-order valence-electron chi connectivity index (χ3n) is 4.11. The molecule has 3 rings (SSSR count). The monoisotopic (exact) mass is 347 g/mol. The smallest absolute Gasteiger partial charge is 0.240 e. The van der Waals surface area contributed by atoms with E-state index in [0.717, 1.165) is 18.5 Å². The van der Waals surface area contributed by atoms with Crippen LogP contribution in [0.3, 0.4) is 0 Å². The number of carbonyl (C=O) groups is 1. The molecule has 1 aliphatic rings. The Kier molecular flexibility index (Phi) is 5.01. The fourth-order valence-electron chi connectivity index (χ4n) is 2.80. The van der Waals surface area contributed by atoms with Crippen molar-refractivity contribution < 1.29 is 13.2 Å². The number of hydrogen-bond acceptors (Lipinski definition) is 3. The van der Waals surface area contributed by atoms with E-state index >= 15 is 0 Å². The van der Waals surface area contributed by atoms with Crippen molar-refractivity contribution in [3.8, 4) is 0 Å². The fourth-order valence-corrected chi connectivity index (χ4v) is 3.82. The maximum absolute atomic E-state index is 12.3. The van der Waals surface area contributed by atoms with Crippen molar-refractivity contribution in [1.82, 2.24) is 9.29 Å². The molecule has 1 amide bonds. The fraction of sp³-hybridized carbons (Fsp3) is 0.353. The Balaban J connectivity index is 1.64. The van der Waals surface area contributed by atoms with Gasteiger partial charge in [0.15, 0.2) is 0 Å². The second-order valence-electron chi connectivity index (χ2n) is 5.82. The van der Waals surface area contributed by atoms with Crippen LogP contribution in [0, 0.1) is 0 Å². The predicted molar refractivity (Wildman–Crippen MR) is 92.3 cm³/mol. The minimum Gasteiger partial charge on any atom is -0.353 e. The number of amides is 1. The largest absolute Gasteiger partial charge is 0.353 e. The molecule has 2 aromatic rings. The first-order valence-electron chi connectivity index (χ1n) is 8.07. The standard InChI is InChI=1S/C17H21N3O3S/c21-17-5-1-2-13-20(17)15-6-8-16(9-7-15)24(22,23)18-10-14-19-11-3-4-12-19/h3-4,6-9,11-12,18H,1-2,5,10,13-14H2. The summed E-state index contributed by atoms with van der Waals surface area (Å²) in [7, 11) is -3.54. The van der Waals surface area contributed by atoms with Gasteiger partial charge in [0.25, 0.3) is 0 Å². The Hall–Kier alpha value is -2.12. The van der Waals surface area contributed by atoms with E-state index in [0.29, 0.717) is 26.1 Å². The molecule has 1 fully saturated rings. The summed E-state index contributed by atoms with van der Waals surface area (Å²) < 4.78 is 29.1. The lowest BCUT2D eigenvalue weighted by atomic mass is 10.1. The number of piperidine rings is 1. The van der Waals surface area contributed by atoms with E-state index < -0.39 is 10.0 Å². The Labute approximate surface area is 142 Å². The van der Waals surface area contributed by atoms with Crippen molar-refractivity contribution in [2.24, 2.45) is 0 Å². The van der Waals surface area contributed by atoms with Gasteiger partial charge in [-0.3, -0.25) is 4.79 Å². The zero-order valence-electron chi connectivity index (χ0n) is 13.4. The first-order valence-corrected chi connectivity index (χ1v) is 9.55. The Morgan fingerprint density at radius 3 is 2.42 bits per heavy atom. The van der Waals surface area contributed by atoms with Crippen LogP contribution < -0.4 is 9.62 Å². The molecule has 0 atom stereocenters. The van der Waals surface area contributed by atoms with Crippen LogP contribution in [-0.4, -0.2) is 32.0 Å². The van der Waals surface area contributed by atoms with E-state index in [1.807, 2.05) is 29.1 Å². The molecule has 0 bridgehead atoms. The molecule has 0 unspecified atom stereocenters. The van der Waals surface area contributed by atoms with Gasteiger partial charge in [0.2, 0.25) is 15.9 Å². The zero-order chi connectivity index (χ0) is 17.0. The molecule has 0 spiro atoms. The Morgan fingerprint density at radius 2 is 1.75 bits per heavy atom. The Bertz CT molecular complexity index is 783. The predicted octanol–water partition coefficient (Wildman–Crippen LogP) is 1.98. The van der Waals surface area contributed by atoms with E-state index in [-0.39, 0.29) is 10.8 Å². The molecule has 128 valence electrons. The second kappa shape index (κ2) is 7.19. The molecule has 0 aliphatic carbocycles. The molecule has 1 aliphatic heterocycles. The van der Waals surface area contributed by atoms with E-state index in [4.69, 9.17) is 0 Å². The molecule has 6 nitrogen and oxygen atoms in total. The number of anilines is 1. The summed E-state index contributed by atoms with van der Waals surface area (Å²) in [6, 6.07) is 10.3. The summed E-state index contributed by atoms with van der Waals surface area (Å²) in [6.45, 7) is 1.59. The minimum absolute atomic E-state index is 0.0988. The summed E-state index contributed by atoms with van der Waals surface area (Å²) in [5.74, 6) is 0.0988. The van der Waals surface area contributed by atoms with Gasteiger partial charge in [-0.1, -0.05) is 0 Å². The number of rotatable bonds is 6. The number of nitrogens with zero attached hydrogens (tertiary/aromatic N) is 2. The number of nitrogens with one attached hydrogen (secondary N) is 1. The number of sulfonamides is 1. The van der Waals surface area contributed by atoms with Gasteiger partial charge >= 0.3 is 0 Å². The molecule has 0 saturated carbocycles. The maximum Gasteiger partial charge on any atom is 0.240 e. The van der Waals surface area contributed by atoms with Crippen LogP contribution >= 0.6 is 0 Å². The first kappa shape index (κ1) is 16.7. The quantitative estimate of drug-likeness (QED) is 0.868. The van der Waals surface area contributed by atoms with Crippen molar-refractivity contribution in [2.75, 3.05) is 18.0 Å². The summed E-state index contributed by atoms with van der Waals surface area (Å²) in [4.78, 5) is 13.9. The average molecular weight is 347 g/mol. The van der Waals surface area contributed by atoms with Crippen LogP contribution in [-0.2, 0) is 21.4 Å². The van der Waals surface area contributed by atoms with E-state index in [2.05, 4.69) is 4.72 Å². The lowest BCUT2D eigenvalue weighted by Crippen LogP contribution is -2.35. The molecule has 24 heavy (non-hydrogen) atoms. The van der Waals surface area contributed by atoms with Crippen LogP contribution in [0.5, 0.6) is 0 Å². The Morgan fingerprint density at radius 1 is 1.04 bits per heavy atom. The van der Waals surface area contributed by atoms with Crippen LogP contribution in [0.4, 0.5) is 5.69 Å². The highest BCUT2D eigenvalue weighted by molar-refractivity contribution is 7.89. The molecular weight excluding hydrogens is 326 g/mol. The third-order valence-corrected chi connectivity index (χ3v) is 5.59. The number of benzene rings is 1. The molecular formula is C17H21N3O3S. The van der Waals surface area contributed by atoms with Crippen molar-refractivity contribution >= 4 is 21.6 Å². The lowest BCUT2D eigenvalue weighted by Gasteiger charge is -2.26. The molecule has 1 N–H and O–H groups in total. The van der Waals surface area contributed by atoms with Gasteiger partial charge in [0, 0.05) is 44.1 Å². The summed E-state index contributed by atoms with van der Waals surface area (Å²) in [5, 5.41) is 0. The number of carbonyl (C=O) groups excluding carboxylic acids is 1. The topological polar surface area (TPSA) is 71.4 Å². The van der Waals surface area contributed by atoms with Gasteiger partial charge in [-0.05, 0) is 49.2 Å². The molecule has 0 radical (unpaired) electrons. The molecule has 1 aromatic heterocycles. The van der Waals surface area contributed by atoms with Crippen LogP contribution in [0.15, 0.2) is 53.7 Å². The van der Waals surface area contributed by atoms with Crippen molar-refractivity contribution in [3.63, 3.8) is 0 Å². The van der Waals surface area contributed by atoms with Crippen LogP contribution in [0.2, 0.25) is 0 Å². The van der Waals surface area contributed by atoms with Gasteiger partial charge < -0.3 is 9.47 Å². The number of hydrogen-bond donors (Lipinski definition) is 1. The van der Waals surface area contributed by atoms with Gasteiger partial charge in [-0.25, -0.2) is 13.1 Å². The lowest BCUT2D eigenvalue weighted by molar-refractivity contribution is -0.119. The molecule has 1 saturated heterocycles. The van der Waals surface area contributed by atoms with Crippen molar-refractivity contribution in [1.29, 1.82) is 0 Å². The summed E-state index contributed by atoms with van der Waals surface area (Å²) >= 11 is 0. The number of aromatic nitrogens is 1. The van der Waals surface area contributed by atoms with Gasteiger partial charge in [-0.15, -0.1) is 0 Å². The van der Waals surface area contributed by atoms with Crippen LogP contribution in [0.1, 0.15) is 19.3 Å². The molecule has 7 heteroatoms. The maximum atomic E-state index is 12.3. The first-order chi connectivity index (χ1) is 11.6. The van der Waals surface area contributed by atoms with Gasteiger partial charge in [0.1, 0.15) is 0 Å². The van der Waals surface area contributed by atoms with Gasteiger partial charge in [-0.2, -0.15) is 0 Å². The van der Waals surface area contributed by atoms with E-state index in [1.165, 1.54) is 0 Å². The SMILES string of the molecule is O=C1CCCCN1c1ccc(S(=O)(=O)NCCn2cccc2)cc1. The highest BCUT2D eigenvalue weighted by Gasteiger charge is 2.20. The van der Waals surface area contributed by atoms with Crippen molar-refractivity contribution in [2.45, 2.75) is 30.7 Å². The summed E-state index contributed by atoms with van der Waals surface area (Å²) in [6.07, 6.45) is 6.23. The van der Waals surface area contributed by atoms with E-state index in [9.17, 15) is 13.2 Å². The minimum atomic E-state index is -3.54. The molecule has 1 aromatic carbocycles. The summed E-state index contributed by atoms with van der Waals surface area (Å²) in [5.41, 5.74) is 0.756. The highest BCUT2D eigenvalue weighted by atomic mass is 32.2. The molecule has 2 heterocycles. The van der Waals surface area contributed by atoms with Crippen molar-refractivity contribution in [3.05, 3.63) is 48.8 Å². The average Bonchev–Trinajstić information content (AvgIpc) is 3.09.